The summed E-state index contributed by atoms with van der Waals surface area (Å²) in [5.74, 6) is 0.825. The van der Waals surface area contributed by atoms with E-state index in [0.29, 0.717) is 6.42 Å². The summed E-state index contributed by atoms with van der Waals surface area (Å²) in [5, 5.41) is 11.6. The second-order valence-electron chi connectivity index (χ2n) is 3.47. The van der Waals surface area contributed by atoms with Crippen LogP contribution in [0.25, 0.3) is 0 Å². The minimum atomic E-state index is -0.0557. The molecule has 1 aromatic carbocycles. The molecule has 0 radical (unpaired) electrons. The number of nitrogens with zero attached hydrogens (tertiary/aromatic N) is 1. The largest absolute Gasteiger partial charge is 0.490 e. The molecule has 0 aromatic heterocycles. The Morgan fingerprint density at radius 2 is 2.33 bits per heavy atom. The molecular weight excluding hydrogens is 188 g/mol. The molecule has 1 unspecified atom stereocenters. The van der Waals surface area contributed by atoms with Gasteiger partial charge in [-0.05, 0) is 31.7 Å². The quantitative estimate of drug-likeness (QED) is 0.798. The third-order valence-electron chi connectivity index (χ3n) is 2.00. The fourth-order valence-corrected chi connectivity index (χ4v) is 1.34. The van der Waals surface area contributed by atoms with E-state index < -0.39 is 0 Å². The standard InChI is InChI=1S/C12H16N2O/c1-10(6-7-13)15-12-5-3-4-11(8-12)9-14-2/h3-5,8,10,14H,6,9H2,1-2H3. The highest BCUT2D eigenvalue weighted by Gasteiger charge is 2.03. The molecule has 0 saturated carbocycles. The van der Waals surface area contributed by atoms with Crippen LogP contribution in [0.2, 0.25) is 0 Å². The van der Waals surface area contributed by atoms with Gasteiger partial charge in [0.2, 0.25) is 0 Å². The van der Waals surface area contributed by atoms with E-state index >= 15 is 0 Å². The van der Waals surface area contributed by atoms with Crippen LogP contribution in [0.3, 0.4) is 0 Å². The van der Waals surface area contributed by atoms with Crippen LogP contribution >= 0.6 is 0 Å². The second kappa shape index (κ2) is 6.05. The highest BCUT2D eigenvalue weighted by atomic mass is 16.5. The molecule has 1 aromatic rings. The lowest BCUT2D eigenvalue weighted by Gasteiger charge is -2.12. The van der Waals surface area contributed by atoms with E-state index in [1.165, 1.54) is 5.56 Å². The molecule has 3 nitrogen and oxygen atoms in total. The number of benzene rings is 1. The number of nitriles is 1. The van der Waals surface area contributed by atoms with Crippen molar-refractivity contribution in [1.82, 2.24) is 5.32 Å². The fraction of sp³-hybridized carbons (Fsp3) is 0.417. The van der Waals surface area contributed by atoms with Gasteiger partial charge in [0.1, 0.15) is 11.9 Å². The first-order valence-corrected chi connectivity index (χ1v) is 5.03. The van der Waals surface area contributed by atoms with Crippen molar-refractivity contribution in [1.29, 1.82) is 5.26 Å². The number of hydrogen-bond donors (Lipinski definition) is 1. The van der Waals surface area contributed by atoms with Crippen molar-refractivity contribution in [3.05, 3.63) is 29.8 Å². The molecule has 1 rings (SSSR count). The van der Waals surface area contributed by atoms with Gasteiger partial charge in [-0.2, -0.15) is 5.26 Å². The summed E-state index contributed by atoms with van der Waals surface area (Å²) in [5.41, 5.74) is 1.18. The van der Waals surface area contributed by atoms with E-state index in [9.17, 15) is 0 Å². The SMILES string of the molecule is CNCc1cccc(OC(C)CC#N)c1. The van der Waals surface area contributed by atoms with Crippen LogP contribution in [0.1, 0.15) is 18.9 Å². The molecule has 0 bridgehead atoms. The zero-order chi connectivity index (χ0) is 11.1. The van der Waals surface area contributed by atoms with Crippen LogP contribution in [0, 0.1) is 11.3 Å². The van der Waals surface area contributed by atoms with Crippen LogP contribution in [0.4, 0.5) is 0 Å². The van der Waals surface area contributed by atoms with Crippen molar-refractivity contribution >= 4 is 0 Å². The molecule has 80 valence electrons. The minimum absolute atomic E-state index is 0.0557. The highest BCUT2D eigenvalue weighted by Crippen LogP contribution is 2.15. The van der Waals surface area contributed by atoms with E-state index in [2.05, 4.69) is 11.4 Å². The molecule has 0 aliphatic rings. The molecule has 0 saturated heterocycles. The van der Waals surface area contributed by atoms with Crippen molar-refractivity contribution in [2.24, 2.45) is 0 Å². The zero-order valence-electron chi connectivity index (χ0n) is 9.16. The average Bonchev–Trinajstić information content (AvgIpc) is 2.19. The molecule has 0 aliphatic heterocycles. The zero-order valence-corrected chi connectivity index (χ0v) is 9.16. The monoisotopic (exact) mass is 204 g/mol. The third-order valence-corrected chi connectivity index (χ3v) is 2.00. The van der Waals surface area contributed by atoms with Gasteiger partial charge in [0.05, 0.1) is 12.5 Å². The smallest absolute Gasteiger partial charge is 0.120 e. The summed E-state index contributed by atoms with van der Waals surface area (Å²) in [6.07, 6.45) is 0.357. The molecule has 0 aliphatic carbocycles. The Labute approximate surface area is 90.7 Å². The molecule has 0 heterocycles. The predicted octanol–water partition coefficient (Wildman–Crippen LogP) is 2.09. The van der Waals surface area contributed by atoms with Gasteiger partial charge in [0, 0.05) is 6.54 Å². The van der Waals surface area contributed by atoms with Gasteiger partial charge in [0.25, 0.3) is 0 Å². The van der Waals surface area contributed by atoms with E-state index in [1.54, 1.807) is 0 Å². The van der Waals surface area contributed by atoms with Crippen LogP contribution in [0.15, 0.2) is 24.3 Å². The number of ether oxygens (including phenoxy) is 1. The van der Waals surface area contributed by atoms with Crippen LogP contribution in [0.5, 0.6) is 5.75 Å². The second-order valence-corrected chi connectivity index (χ2v) is 3.47. The van der Waals surface area contributed by atoms with Gasteiger partial charge in [-0.3, -0.25) is 0 Å². The summed E-state index contributed by atoms with van der Waals surface area (Å²) < 4.78 is 5.59. The molecule has 1 N–H and O–H groups in total. The van der Waals surface area contributed by atoms with Gasteiger partial charge in [-0.1, -0.05) is 12.1 Å². The van der Waals surface area contributed by atoms with Crippen LogP contribution in [-0.4, -0.2) is 13.2 Å². The average molecular weight is 204 g/mol. The normalized spacial score (nSPS) is 11.8. The molecule has 15 heavy (non-hydrogen) atoms. The highest BCUT2D eigenvalue weighted by molar-refractivity contribution is 5.28. The topological polar surface area (TPSA) is 45.0 Å². The predicted molar refractivity (Wildman–Crippen MR) is 59.5 cm³/mol. The summed E-state index contributed by atoms with van der Waals surface area (Å²) in [7, 11) is 1.91. The first-order chi connectivity index (χ1) is 7.26. The first kappa shape index (κ1) is 11.5. The van der Waals surface area contributed by atoms with Crippen LogP contribution in [-0.2, 0) is 6.54 Å². The molecule has 1 atom stereocenters. The Hall–Kier alpha value is -1.53. The Bertz CT molecular complexity index is 344. The molecular formula is C12H16N2O. The maximum atomic E-state index is 8.51. The molecule has 0 fully saturated rings. The summed E-state index contributed by atoms with van der Waals surface area (Å²) in [6.45, 7) is 2.72. The van der Waals surface area contributed by atoms with Gasteiger partial charge in [-0.15, -0.1) is 0 Å². The number of hydrogen-bond acceptors (Lipinski definition) is 3. The summed E-state index contributed by atoms with van der Waals surface area (Å²) in [6, 6.07) is 9.99. The van der Waals surface area contributed by atoms with Crippen molar-refractivity contribution in [2.75, 3.05) is 7.05 Å². The number of nitrogens with one attached hydrogen (secondary N) is 1. The molecule has 3 heteroatoms. The van der Waals surface area contributed by atoms with Crippen LogP contribution < -0.4 is 10.1 Å². The van der Waals surface area contributed by atoms with Crippen molar-refractivity contribution < 1.29 is 4.74 Å². The summed E-state index contributed by atoms with van der Waals surface area (Å²) in [4.78, 5) is 0. The molecule has 0 spiro atoms. The Morgan fingerprint density at radius 1 is 1.53 bits per heavy atom. The lowest BCUT2D eigenvalue weighted by Crippen LogP contribution is -2.11. The van der Waals surface area contributed by atoms with E-state index in [4.69, 9.17) is 10.00 Å². The summed E-state index contributed by atoms with van der Waals surface area (Å²) >= 11 is 0. The maximum absolute atomic E-state index is 8.51. The first-order valence-electron chi connectivity index (χ1n) is 5.03. The van der Waals surface area contributed by atoms with Gasteiger partial charge >= 0.3 is 0 Å². The van der Waals surface area contributed by atoms with Gasteiger partial charge < -0.3 is 10.1 Å². The van der Waals surface area contributed by atoms with E-state index in [1.807, 2.05) is 38.2 Å². The lowest BCUT2D eigenvalue weighted by atomic mass is 10.2. The Morgan fingerprint density at radius 3 is 3.00 bits per heavy atom. The fourth-order valence-electron chi connectivity index (χ4n) is 1.34. The third kappa shape index (κ3) is 4.01. The van der Waals surface area contributed by atoms with Gasteiger partial charge in [-0.25, -0.2) is 0 Å². The van der Waals surface area contributed by atoms with E-state index in [0.717, 1.165) is 12.3 Å². The van der Waals surface area contributed by atoms with Crippen molar-refractivity contribution in [2.45, 2.75) is 26.0 Å². The van der Waals surface area contributed by atoms with E-state index in [-0.39, 0.29) is 6.10 Å². The lowest BCUT2D eigenvalue weighted by molar-refractivity contribution is 0.227. The Balaban J connectivity index is 2.61. The molecule has 0 amide bonds. The van der Waals surface area contributed by atoms with Gasteiger partial charge in [0.15, 0.2) is 0 Å². The van der Waals surface area contributed by atoms with Crippen molar-refractivity contribution in [3.63, 3.8) is 0 Å². The Kier molecular flexibility index (Phi) is 4.65. The number of rotatable bonds is 5. The minimum Gasteiger partial charge on any atom is -0.490 e. The van der Waals surface area contributed by atoms with Crippen molar-refractivity contribution in [3.8, 4) is 11.8 Å². The maximum Gasteiger partial charge on any atom is 0.120 e.